The van der Waals surface area contributed by atoms with Gasteiger partial charge in [0.25, 0.3) is 0 Å². The molecule has 4 rings (SSSR count). The van der Waals surface area contributed by atoms with Crippen LogP contribution < -0.4 is 5.32 Å². The molecule has 0 radical (unpaired) electrons. The highest BCUT2D eigenvalue weighted by Crippen LogP contribution is 2.40. The lowest BCUT2D eigenvalue weighted by atomic mass is 10.2. The summed E-state index contributed by atoms with van der Waals surface area (Å²) in [4.78, 5) is 12.7. The van der Waals surface area contributed by atoms with Crippen LogP contribution in [0.25, 0.3) is 0 Å². The molecule has 1 heterocycles. The summed E-state index contributed by atoms with van der Waals surface area (Å²) >= 11 is 1.46. The van der Waals surface area contributed by atoms with E-state index in [9.17, 15) is 4.79 Å². The normalized spacial score (nSPS) is 14.6. The number of thioether (sulfide) groups is 1. The molecule has 1 amide bonds. The number of aryl methyl sites for hydroxylation is 1. The zero-order valence-electron chi connectivity index (χ0n) is 16.1. The fraction of sp³-hybridized carbons (Fsp3) is 0.318. The Morgan fingerprint density at radius 1 is 1.18 bits per heavy atom. The van der Waals surface area contributed by atoms with Crippen LogP contribution in [0.3, 0.4) is 0 Å². The van der Waals surface area contributed by atoms with Crippen molar-refractivity contribution >= 4 is 23.4 Å². The highest BCUT2D eigenvalue weighted by Gasteiger charge is 2.31. The van der Waals surface area contributed by atoms with E-state index in [4.69, 9.17) is 0 Å². The Labute approximate surface area is 169 Å². The number of nitrogens with zero attached hydrogens (tertiary/aromatic N) is 3. The third-order valence-electron chi connectivity index (χ3n) is 4.81. The average molecular weight is 393 g/mol. The van der Waals surface area contributed by atoms with Crippen molar-refractivity contribution in [1.82, 2.24) is 14.8 Å². The second-order valence-corrected chi connectivity index (χ2v) is 8.61. The molecule has 6 heteroatoms. The minimum atomic E-state index is -0.272. The van der Waals surface area contributed by atoms with Gasteiger partial charge in [0, 0.05) is 11.6 Å². The van der Waals surface area contributed by atoms with Crippen molar-refractivity contribution in [2.24, 2.45) is 0 Å². The van der Waals surface area contributed by atoms with E-state index < -0.39 is 0 Å². The first-order valence-corrected chi connectivity index (χ1v) is 10.5. The predicted octanol–water partition coefficient (Wildman–Crippen LogP) is 4.63. The third kappa shape index (κ3) is 4.44. The summed E-state index contributed by atoms with van der Waals surface area (Å²) in [6.07, 6.45) is 2.34. The Bertz CT molecular complexity index is 966. The van der Waals surface area contributed by atoms with Crippen LogP contribution in [-0.2, 0) is 11.3 Å². The van der Waals surface area contributed by atoms with Gasteiger partial charge in [-0.2, -0.15) is 0 Å². The van der Waals surface area contributed by atoms with Crippen LogP contribution in [-0.4, -0.2) is 25.9 Å². The van der Waals surface area contributed by atoms with E-state index in [1.54, 1.807) is 0 Å². The van der Waals surface area contributed by atoms with Crippen LogP contribution in [0.2, 0.25) is 0 Å². The Hall–Kier alpha value is -2.60. The van der Waals surface area contributed by atoms with Gasteiger partial charge in [-0.1, -0.05) is 54.2 Å². The van der Waals surface area contributed by atoms with E-state index in [0.29, 0.717) is 5.92 Å². The quantitative estimate of drug-likeness (QED) is 0.596. The lowest BCUT2D eigenvalue weighted by Gasteiger charge is -2.14. The number of hydrogen-bond donors (Lipinski definition) is 1. The first-order chi connectivity index (χ1) is 13.6. The van der Waals surface area contributed by atoms with Gasteiger partial charge >= 0.3 is 0 Å². The van der Waals surface area contributed by atoms with Crippen LogP contribution in [0.1, 0.15) is 42.6 Å². The highest BCUT2D eigenvalue weighted by molar-refractivity contribution is 8.00. The molecule has 0 spiro atoms. The summed E-state index contributed by atoms with van der Waals surface area (Å²) in [5.74, 6) is 1.51. The zero-order chi connectivity index (χ0) is 19.5. The Morgan fingerprint density at radius 2 is 1.96 bits per heavy atom. The molecular weight excluding hydrogens is 368 g/mol. The van der Waals surface area contributed by atoms with Gasteiger partial charge in [0.15, 0.2) is 5.16 Å². The molecular formula is C22H24N4OS. The smallest absolute Gasteiger partial charge is 0.237 e. The first-order valence-electron chi connectivity index (χ1n) is 9.61. The maximum Gasteiger partial charge on any atom is 0.237 e. The second-order valence-electron chi connectivity index (χ2n) is 7.31. The van der Waals surface area contributed by atoms with Crippen molar-refractivity contribution in [3.05, 3.63) is 71.5 Å². The maximum atomic E-state index is 12.7. The molecule has 1 fully saturated rings. The van der Waals surface area contributed by atoms with Gasteiger partial charge < -0.3 is 9.88 Å². The van der Waals surface area contributed by atoms with Gasteiger partial charge in [0.2, 0.25) is 5.91 Å². The number of rotatable bonds is 7. The lowest BCUT2D eigenvalue weighted by molar-refractivity contribution is -0.115. The number of anilines is 1. The molecule has 28 heavy (non-hydrogen) atoms. The van der Waals surface area contributed by atoms with E-state index >= 15 is 0 Å². The molecule has 144 valence electrons. The van der Waals surface area contributed by atoms with E-state index in [-0.39, 0.29) is 11.2 Å². The summed E-state index contributed by atoms with van der Waals surface area (Å²) in [6, 6.07) is 18.2. The number of hydrogen-bond acceptors (Lipinski definition) is 4. The van der Waals surface area contributed by atoms with E-state index in [1.807, 2.05) is 56.3 Å². The summed E-state index contributed by atoms with van der Waals surface area (Å²) in [5.41, 5.74) is 3.15. The standard InChI is InChI=1S/C22H24N4OS/c1-15-7-6-10-19(13-15)23-21(27)16(2)28-22-25-24-20(18-11-12-18)26(22)14-17-8-4-3-5-9-17/h3-10,13,16,18H,11-12,14H2,1-2H3,(H,23,27)/t16-/m1/s1. The predicted molar refractivity (Wildman–Crippen MR) is 113 cm³/mol. The first kappa shape index (κ1) is 18.7. The van der Waals surface area contributed by atoms with Crippen molar-refractivity contribution in [2.75, 3.05) is 5.32 Å². The SMILES string of the molecule is Cc1cccc(NC(=O)[C@@H](C)Sc2nnc(C3CC3)n2Cc2ccccc2)c1. The molecule has 0 bridgehead atoms. The minimum Gasteiger partial charge on any atom is -0.325 e. The van der Waals surface area contributed by atoms with Gasteiger partial charge in [-0.15, -0.1) is 10.2 Å². The Morgan fingerprint density at radius 3 is 2.68 bits per heavy atom. The number of benzene rings is 2. The second kappa shape index (κ2) is 8.19. The molecule has 2 aromatic carbocycles. The number of amides is 1. The highest BCUT2D eigenvalue weighted by atomic mass is 32.2. The Balaban J connectivity index is 1.50. The molecule has 3 aromatic rings. The fourth-order valence-electron chi connectivity index (χ4n) is 3.12. The molecule has 1 saturated carbocycles. The molecule has 1 atom stereocenters. The van der Waals surface area contributed by atoms with Crippen LogP contribution in [0.4, 0.5) is 5.69 Å². The summed E-state index contributed by atoms with van der Waals surface area (Å²) in [6.45, 7) is 4.65. The Kier molecular flexibility index (Phi) is 5.48. The molecule has 0 unspecified atom stereocenters. The number of carbonyl (C=O) groups excluding carboxylic acids is 1. The monoisotopic (exact) mass is 392 g/mol. The average Bonchev–Trinajstić information content (AvgIpc) is 3.46. The minimum absolute atomic E-state index is 0.0298. The van der Waals surface area contributed by atoms with Crippen molar-refractivity contribution in [3.63, 3.8) is 0 Å². The van der Waals surface area contributed by atoms with Crippen LogP contribution >= 0.6 is 11.8 Å². The fourth-order valence-corrected chi connectivity index (χ4v) is 3.98. The van der Waals surface area contributed by atoms with Gasteiger partial charge in [0.05, 0.1) is 11.8 Å². The van der Waals surface area contributed by atoms with Crippen LogP contribution in [0, 0.1) is 6.92 Å². The van der Waals surface area contributed by atoms with Gasteiger partial charge in [-0.3, -0.25) is 4.79 Å². The van der Waals surface area contributed by atoms with E-state index in [0.717, 1.165) is 28.8 Å². The zero-order valence-corrected chi connectivity index (χ0v) is 16.9. The van der Waals surface area contributed by atoms with Crippen LogP contribution in [0.15, 0.2) is 59.8 Å². The largest absolute Gasteiger partial charge is 0.325 e. The summed E-state index contributed by atoms with van der Waals surface area (Å²) in [5, 5.41) is 12.4. The molecule has 0 saturated heterocycles. The van der Waals surface area contributed by atoms with Crippen molar-refractivity contribution in [3.8, 4) is 0 Å². The molecule has 1 aliphatic carbocycles. The summed E-state index contributed by atoms with van der Waals surface area (Å²) < 4.78 is 2.17. The van der Waals surface area contributed by atoms with Gasteiger partial charge in [-0.25, -0.2) is 0 Å². The van der Waals surface area contributed by atoms with Crippen molar-refractivity contribution in [2.45, 2.75) is 49.6 Å². The topological polar surface area (TPSA) is 59.8 Å². The molecule has 1 N–H and O–H groups in total. The number of aromatic nitrogens is 3. The van der Waals surface area contributed by atoms with E-state index in [2.05, 4.69) is 32.2 Å². The number of carbonyl (C=O) groups is 1. The molecule has 1 aliphatic rings. The third-order valence-corrected chi connectivity index (χ3v) is 5.89. The molecule has 0 aliphatic heterocycles. The van der Waals surface area contributed by atoms with Crippen molar-refractivity contribution in [1.29, 1.82) is 0 Å². The number of nitrogens with one attached hydrogen (secondary N) is 1. The van der Waals surface area contributed by atoms with Gasteiger partial charge in [-0.05, 0) is 49.9 Å². The van der Waals surface area contributed by atoms with Crippen LogP contribution in [0.5, 0.6) is 0 Å². The van der Waals surface area contributed by atoms with E-state index in [1.165, 1.54) is 30.2 Å². The maximum absolute atomic E-state index is 12.7. The van der Waals surface area contributed by atoms with Gasteiger partial charge in [0.1, 0.15) is 5.82 Å². The summed E-state index contributed by atoms with van der Waals surface area (Å²) in [7, 11) is 0. The molecule has 1 aromatic heterocycles. The lowest BCUT2D eigenvalue weighted by Crippen LogP contribution is -2.23. The molecule has 5 nitrogen and oxygen atoms in total. The van der Waals surface area contributed by atoms with Crippen molar-refractivity contribution < 1.29 is 4.79 Å².